The van der Waals surface area contributed by atoms with Crippen molar-refractivity contribution in [3.05, 3.63) is 63.6 Å². The number of nitrogens with one attached hydrogen (secondary N) is 2. The number of aliphatic carboxylic acids is 1. The SMILES string of the molecule is COc1cc2oc(=O)c(CC(=O)N[C@@H](Cc3c[nH]c4ccc(O)cc34)C(=O)[O-])c(C)c2cc1OC. The van der Waals surface area contributed by atoms with Gasteiger partial charge in [0.1, 0.15) is 11.3 Å². The molecule has 3 N–H and O–H groups in total. The molecule has 0 aliphatic heterocycles. The summed E-state index contributed by atoms with van der Waals surface area (Å²) in [6, 6.07) is 6.47. The maximum absolute atomic E-state index is 12.8. The zero-order chi connectivity index (χ0) is 25.3. The highest BCUT2D eigenvalue weighted by Gasteiger charge is 2.21. The molecule has 0 spiro atoms. The quantitative estimate of drug-likeness (QED) is 0.320. The summed E-state index contributed by atoms with van der Waals surface area (Å²) in [5.74, 6) is -1.33. The van der Waals surface area contributed by atoms with Crippen molar-refractivity contribution in [2.45, 2.75) is 25.8 Å². The molecule has 0 bridgehead atoms. The smallest absolute Gasteiger partial charge is 0.340 e. The summed E-state index contributed by atoms with van der Waals surface area (Å²) in [6.07, 6.45) is 1.13. The number of carbonyl (C=O) groups excluding carboxylic acids is 2. The van der Waals surface area contributed by atoms with Crippen molar-refractivity contribution in [2.24, 2.45) is 0 Å². The van der Waals surface area contributed by atoms with Gasteiger partial charge in [-0.1, -0.05) is 0 Å². The Bertz CT molecular complexity index is 1500. The second-order valence-corrected chi connectivity index (χ2v) is 8.06. The lowest BCUT2D eigenvalue weighted by Gasteiger charge is -2.20. The number of hydrogen-bond acceptors (Lipinski definition) is 8. The highest BCUT2D eigenvalue weighted by Crippen LogP contribution is 2.33. The number of phenolic OH excluding ortho intramolecular Hbond substituents is 1. The molecule has 4 rings (SSSR count). The number of H-pyrrole nitrogens is 1. The van der Waals surface area contributed by atoms with Crippen LogP contribution in [0.5, 0.6) is 17.2 Å². The predicted octanol–water partition coefficient (Wildman–Crippen LogP) is 1.33. The van der Waals surface area contributed by atoms with Gasteiger partial charge in [0, 0.05) is 35.0 Å². The number of aromatic hydroxyl groups is 1. The largest absolute Gasteiger partial charge is 0.548 e. The van der Waals surface area contributed by atoms with Gasteiger partial charge in [-0.2, -0.15) is 0 Å². The van der Waals surface area contributed by atoms with Gasteiger partial charge in [0.2, 0.25) is 5.91 Å². The zero-order valence-corrected chi connectivity index (χ0v) is 19.3. The number of carboxylic acids is 1. The Morgan fingerprint density at radius 2 is 1.86 bits per heavy atom. The van der Waals surface area contributed by atoms with E-state index in [0.29, 0.717) is 38.9 Å². The van der Waals surface area contributed by atoms with Gasteiger partial charge in [0.05, 0.1) is 38.2 Å². The number of aromatic nitrogens is 1. The Kier molecular flexibility index (Phi) is 6.37. The van der Waals surface area contributed by atoms with Gasteiger partial charge in [0.15, 0.2) is 11.5 Å². The third-order valence-corrected chi connectivity index (χ3v) is 5.92. The van der Waals surface area contributed by atoms with Crippen molar-refractivity contribution in [2.75, 3.05) is 14.2 Å². The molecule has 182 valence electrons. The third-order valence-electron chi connectivity index (χ3n) is 5.92. The number of rotatable bonds is 8. The minimum Gasteiger partial charge on any atom is -0.548 e. The van der Waals surface area contributed by atoms with Crippen LogP contribution < -0.4 is 25.5 Å². The fourth-order valence-electron chi connectivity index (χ4n) is 4.07. The van der Waals surface area contributed by atoms with Crippen LogP contribution in [0, 0.1) is 6.92 Å². The average Bonchev–Trinajstić information content (AvgIpc) is 3.22. The molecule has 0 aliphatic carbocycles. The van der Waals surface area contributed by atoms with Crippen molar-refractivity contribution in [1.82, 2.24) is 10.3 Å². The molecule has 10 heteroatoms. The number of phenols is 1. The van der Waals surface area contributed by atoms with Crippen LogP contribution >= 0.6 is 0 Å². The van der Waals surface area contributed by atoms with Crippen molar-refractivity contribution < 1.29 is 33.7 Å². The fourth-order valence-corrected chi connectivity index (χ4v) is 4.07. The molecular formula is C25H23N2O8-. The Hall–Kier alpha value is -4.47. The van der Waals surface area contributed by atoms with E-state index in [0.717, 1.165) is 0 Å². The zero-order valence-electron chi connectivity index (χ0n) is 19.3. The number of fused-ring (bicyclic) bond motifs is 2. The molecule has 0 saturated carbocycles. The molecule has 35 heavy (non-hydrogen) atoms. The van der Waals surface area contributed by atoms with Gasteiger partial charge in [-0.05, 0) is 42.3 Å². The first-order chi connectivity index (χ1) is 16.7. The molecule has 2 aromatic carbocycles. The molecule has 0 saturated heterocycles. The van der Waals surface area contributed by atoms with Gasteiger partial charge < -0.3 is 39.2 Å². The second-order valence-electron chi connectivity index (χ2n) is 8.06. The van der Waals surface area contributed by atoms with Gasteiger partial charge in [-0.25, -0.2) is 4.79 Å². The van der Waals surface area contributed by atoms with Crippen LogP contribution in [-0.4, -0.2) is 42.2 Å². The van der Waals surface area contributed by atoms with Crippen LogP contribution in [0.15, 0.2) is 45.7 Å². The van der Waals surface area contributed by atoms with Gasteiger partial charge >= 0.3 is 5.63 Å². The normalized spacial score (nSPS) is 12.0. The minimum absolute atomic E-state index is 0.0279. The van der Waals surface area contributed by atoms with E-state index >= 15 is 0 Å². The van der Waals surface area contributed by atoms with E-state index in [9.17, 15) is 24.6 Å². The third kappa shape index (κ3) is 4.63. The standard InChI is InChI=1S/C25H24N2O8/c1-12-15-8-21(33-2)22(34-3)10-20(15)35-25(32)16(12)9-23(29)27-19(24(30)31)6-13-11-26-18-5-4-14(28)7-17(13)18/h4-5,7-8,10-11,19,26,28H,6,9H2,1-3H3,(H,27,29)(H,30,31)/p-1/t19-/m0/s1. The highest BCUT2D eigenvalue weighted by atomic mass is 16.5. The fraction of sp³-hybridized carbons (Fsp3) is 0.240. The summed E-state index contributed by atoms with van der Waals surface area (Å²) >= 11 is 0. The summed E-state index contributed by atoms with van der Waals surface area (Å²) in [6.45, 7) is 1.67. The first kappa shape index (κ1) is 23.7. The van der Waals surface area contributed by atoms with Crippen LogP contribution in [0.3, 0.4) is 0 Å². The van der Waals surface area contributed by atoms with Gasteiger partial charge in [0.25, 0.3) is 0 Å². The van der Waals surface area contributed by atoms with E-state index in [4.69, 9.17) is 13.9 Å². The maximum Gasteiger partial charge on any atom is 0.340 e. The number of hydrogen-bond donors (Lipinski definition) is 3. The average molecular weight is 479 g/mol. The molecule has 2 aromatic heterocycles. The molecule has 0 fully saturated rings. The molecule has 0 aliphatic rings. The number of aromatic amines is 1. The first-order valence-corrected chi connectivity index (χ1v) is 10.7. The van der Waals surface area contributed by atoms with Crippen molar-refractivity contribution >= 4 is 33.7 Å². The van der Waals surface area contributed by atoms with Gasteiger partial charge in [-0.3, -0.25) is 4.79 Å². The Balaban J connectivity index is 1.59. The highest BCUT2D eigenvalue weighted by molar-refractivity contribution is 5.89. The number of benzene rings is 2. The number of amides is 1. The van der Waals surface area contributed by atoms with E-state index in [2.05, 4.69) is 10.3 Å². The van der Waals surface area contributed by atoms with Crippen molar-refractivity contribution in [3.63, 3.8) is 0 Å². The minimum atomic E-state index is -1.48. The lowest BCUT2D eigenvalue weighted by molar-refractivity contribution is -0.308. The Labute approximate surface area is 199 Å². The number of ether oxygens (including phenoxy) is 2. The number of aryl methyl sites for hydroxylation is 1. The van der Waals surface area contributed by atoms with E-state index in [1.54, 1.807) is 25.3 Å². The van der Waals surface area contributed by atoms with E-state index in [-0.39, 0.29) is 23.3 Å². The molecule has 1 atom stereocenters. The van der Waals surface area contributed by atoms with E-state index < -0.39 is 30.0 Å². The summed E-state index contributed by atoms with van der Waals surface area (Å²) in [5.41, 5.74) is 1.44. The lowest BCUT2D eigenvalue weighted by atomic mass is 10.0. The van der Waals surface area contributed by atoms with Crippen LogP contribution in [0.25, 0.3) is 21.9 Å². The molecule has 2 heterocycles. The molecular weight excluding hydrogens is 456 g/mol. The van der Waals surface area contributed by atoms with Crippen LogP contribution in [0.4, 0.5) is 0 Å². The summed E-state index contributed by atoms with van der Waals surface area (Å²) in [7, 11) is 2.93. The topological polar surface area (TPSA) is 154 Å². The summed E-state index contributed by atoms with van der Waals surface area (Å²) < 4.78 is 15.9. The summed E-state index contributed by atoms with van der Waals surface area (Å²) in [4.78, 5) is 40.1. The van der Waals surface area contributed by atoms with E-state index in [1.807, 2.05) is 0 Å². The van der Waals surface area contributed by atoms with Gasteiger partial charge in [-0.15, -0.1) is 0 Å². The molecule has 0 radical (unpaired) electrons. The molecule has 4 aromatic rings. The Morgan fingerprint density at radius 1 is 1.14 bits per heavy atom. The number of carboxylic acid groups (broad SMARTS) is 1. The van der Waals surface area contributed by atoms with E-state index in [1.165, 1.54) is 32.4 Å². The maximum atomic E-state index is 12.8. The molecule has 1 amide bonds. The summed E-state index contributed by atoms with van der Waals surface area (Å²) in [5, 5.41) is 25.1. The first-order valence-electron chi connectivity index (χ1n) is 10.7. The molecule has 0 unspecified atom stereocenters. The Morgan fingerprint density at radius 3 is 2.54 bits per heavy atom. The predicted molar refractivity (Wildman–Crippen MR) is 125 cm³/mol. The monoisotopic (exact) mass is 479 g/mol. The lowest BCUT2D eigenvalue weighted by Crippen LogP contribution is -2.49. The van der Waals surface area contributed by atoms with Crippen LogP contribution in [0.2, 0.25) is 0 Å². The molecule has 10 nitrogen and oxygen atoms in total. The number of methoxy groups -OCH3 is 2. The van der Waals surface area contributed by atoms with Crippen LogP contribution in [-0.2, 0) is 22.4 Å². The second kappa shape index (κ2) is 9.41. The van der Waals surface area contributed by atoms with Crippen LogP contribution in [0.1, 0.15) is 16.7 Å². The van der Waals surface area contributed by atoms with Crippen molar-refractivity contribution in [1.29, 1.82) is 0 Å². The van der Waals surface area contributed by atoms with Crippen molar-refractivity contribution in [3.8, 4) is 17.2 Å². The number of carbonyl (C=O) groups is 2.